The van der Waals surface area contributed by atoms with E-state index in [9.17, 15) is 9.90 Å². The molecule has 11 heavy (non-hydrogen) atoms. The number of hydrogen-bond donors (Lipinski definition) is 1. The van der Waals surface area contributed by atoms with Crippen molar-refractivity contribution < 1.29 is 9.90 Å². The van der Waals surface area contributed by atoms with E-state index in [2.05, 4.69) is 0 Å². The zero-order valence-electron chi connectivity index (χ0n) is 6.40. The summed E-state index contributed by atoms with van der Waals surface area (Å²) >= 11 is 3.50. The first-order valence-electron chi connectivity index (χ1n) is 3.62. The van der Waals surface area contributed by atoms with Gasteiger partial charge in [0, 0.05) is 17.4 Å². The quantitative estimate of drug-likeness (QED) is 0.677. The van der Waals surface area contributed by atoms with Crippen LogP contribution in [0.4, 0.5) is 0 Å². The molecule has 64 valence electrons. The molecule has 0 saturated carbocycles. The van der Waals surface area contributed by atoms with Crippen LogP contribution < -0.4 is 0 Å². The maximum Gasteiger partial charge on any atom is 0.125 e. The van der Waals surface area contributed by atoms with Gasteiger partial charge in [0.25, 0.3) is 0 Å². The lowest BCUT2D eigenvalue weighted by Crippen LogP contribution is -2.27. The Hall–Kier alpha value is 0.330. The molecular formula is C7H12O2S2. The van der Waals surface area contributed by atoms with Crippen LogP contribution in [0.1, 0.15) is 6.92 Å². The van der Waals surface area contributed by atoms with Crippen molar-refractivity contribution in [1.29, 1.82) is 0 Å². The van der Waals surface area contributed by atoms with E-state index in [1.54, 1.807) is 30.4 Å². The van der Waals surface area contributed by atoms with E-state index < -0.39 is 6.10 Å². The third kappa shape index (κ3) is 2.39. The molecule has 2 nitrogen and oxygen atoms in total. The molecule has 0 aromatic heterocycles. The molecule has 0 aliphatic carbocycles. The molecule has 0 bridgehead atoms. The molecule has 0 amide bonds. The molecule has 1 heterocycles. The highest BCUT2D eigenvalue weighted by Gasteiger charge is 2.28. The Balaban J connectivity index is 2.38. The van der Waals surface area contributed by atoms with Gasteiger partial charge in [0.05, 0.1) is 10.7 Å². The van der Waals surface area contributed by atoms with E-state index in [1.165, 1.54) is 0 Å². The Morgan fingerprint density at radius 2 is 2.09 bits per heavy atom. The Morgan fingerprint density at radius 1 is 1.55 bits per heavy atom. The summed E-state index contributed by atoms with van der Waals surface area (Å²) in [5.74, 6) is 1.97. The van der Waals surface area contributed by atoms with Crippen molar-refractivity contribution in [1.82, 2.24) is 0 Å². The van der Waals surface area contributed by atoms with Gasteiger partial charge in [-0.1, -0.05) is 6.92 Å². The first-order valence-corrected chi connectivity index (χ1v) is 5.72. The lowest BCUT2D eigenvalue weighted by molar-refractivity contribution is -0.113. The fourth-order valence-electron chi connectivity index (χ4n) is 0.902. The Kier molecular flexibility index (Phi) is 3.75. The summed E-state index contributed by atoms with van der Waals surface area (Å²) in [6, 6.07) is 0. The largest absolute Gasteiger partial charge is 0.390 e. The Labute approximate surface area is 75.1 Å². The molecule has 1 N–H and O–H groups in total. The Morgan fingerprint density at radius 3 is 2.55 bits per heavy atom. The molecule has 1 aliphatic heterocycles. The standard InChI is InChI=1S/C7H12O2S2/c1-5(4-8)6(9)7-10-2-3-11-7/h4-7,9H,2-3H2,1H3. The van der Waals surface area contributed by atoms with Gasteiger partial charge in [-0.25, -0.2) is 0 Å². The van der Waals surface area contributed by atoms with Gasteiger partial charge in [-0.3, -0.25) is 0 Å². The molecule has 1 rings (SSSR count). The third-order valence-corrected chi connectivity index (χ3v) is 4.85. The molecule has 0 aromatic rings. The molecule has 0 aromatic carbocycles. The highest BCUT2D eigenvalue weighted by atomic mass is 32.2. The van der Waals surface area contributed by atoms with Crippen molar-refractivity contribution >= 4 is 29.8 Å². The molecular weight excluding hydrogens is 180 g/mol. The van der Waals surface area contributed by atoms with Crippen LogP contribution in [0.2, 0.25) is 0 Å². The number of carbonyl (C=O) groups excluding carboxylic acids is 1. The smallest absolute Gasteiger partial charge is 0.125 e. The maximum absolute atomic E-state index is 10.3. The van der Waals surface area contributed by atoms with Crippen LogP contribution in [-0.2, 0) is 4.79 Å². The van der Waals surface area contributed by atoms with Crippen LogP contribution >= 0.6 is 23.5 Å². The minimum Gasteiger partial charge on any atom is -0.390 e. The first-order chi connectivity index (χ1) is 5.25. The number of carbonyl (C=O) groups is 1. The highest BCUT2D eigenvalue weighted by Crippen LogP contribution is 2.36. The summed E-state index contributed by atoms with van der Waals surface area (Å²) in [5.41, 5.74) is 0. The first kappa shape index (κ1) is 9.42. The van der Waals surface area contributed by atoms with E-state index >= 15 is 0 Å². The molecule has 1 saturated heterocycles. The van der Waals surface area contributed by atoms with E-state index in [-0.39, 0.29) is 10.5 Å². The number of thioether (sulfide) groups is 2. The number of hydrogen-bond acceptors (Lipinski definition) is 4. The lowest BCUT2D eigenvalue weighted by Gasteiger charge is -2.18. The van der Waals surface area contributed by atoms with Gasteiger partial charge in [-0.05, 0) is 0 Å². The molecule has 0 radical (unpaired) electrons. The predicted octanol–water partition coefficient (Wildman–Crippen LogP) is 0.988. The van der Waals surface area contributed by atoms with Crippen molar-refractivity contribution in [3.63, 3.8) is 0 Å². The average molecular weight is 192 g/mol. The number of rotatable bonds is 3. The zero-order chi connectivity index (χ0) is 8.27. The minimum absolute atomic E-state index is 0.218. The van der Waals surface area contributed by atoms with E-state index in [0.717, 1.165) is 17.8 Å². The molecule has 4 heteroatoms. The van der Waals surface area contributed by atoms with E-state index in [0.29, 0.717) is 0 Å². The molecule has 1 fully saturated rings. The second-order valence-electron chi connectivity index (χ2n) is 2.60. The van der Waals surface area contributed by atoms with Crippen molar-refractivity contribution in [2.75, 3.05) is 11.5 Å². The molecule has 2 unspecified atom stereocenters. The van der Waals surface area contributed by atoms with Crippen molar-refractivity contribution in [2.24, 2.45) is 5.92 Å². The van der Waals surface area contributed by atoms with Gasteiger partial charge < -0.3 is 9.90 Å². The molecule has 2 atom stereocenters. The van der Waals surface area contributed by atoms with Crippen molar-refractivity contribution in [3.05, 3.63) is 0 Å². The van der Waals surface area contributed by atoms with Gasteiger partial charge in [-0.15, -0.1) is 23.5 Å². The zero-order valence-corrected chi connectivity index (χ0v) is 8.03. The summed E-state index contributed by atoms with van der Waals surface area (Å²) in [7, 11) is 0. The van der Waals surface area contributed by atoms with Gasteiger partial charge in [0.1, 0.15) is 6.29 Å². The summed E-state index contributed by atoms with van der Waals surface area (Å²) in [5, 5.41) is 9.54. The number of aliphatic hydroxyl groups excluding tert-OH is 1. The van der Waals surface area contributed by atoms with Crippen LogP contribution in [0.5, 0.6) is 0 Å². The van der Waals surface area contributed by atoms with Crippen LogP contribution in [-0.4, -0.2) is 33.6 Å². The predicted molar refractivity (Wildman–Crippen MR) is 49.9 cm³/mol. The normalized spacial score (nSPS) is 24.9. The summed E-state index contributed by atoms with van der Waals surface area (Å²) in [6.45, 7) is 1.76. The second kappa shape index (κ2) is 4.38. The van der Waals surface area contributed by atoms with Crippen LogP contribution in [0, 0.1) is 5.92 Å². The number of aldehydes is 1. The lowest BCUT2D eigenvalue weighted by atomic mass is 10.1. The fourth-order valence-corrected chi connectivity index (χ4v) is 3.99. The van der Waals surface area contributed by atoms with Crippen molar-refractivity contribution in [3.8, 4) is 0 Å². The van der Waals surface area contributed by atoms with Crippen LogP contribution in [0.15, 0.2) is 0 Å². The topological polar surface area (TPSA) is 37.3 Å². The van der Waals surface area contributed by atoms with Gasteiger partial charge in [-0.2, -0.15) is 0 Å². The summed E-state index contributed by atoms with van der Waals surface area (Å²) in [4.78, 5) is 10.3. The van der Waals surface area contributed by atoms with Crippen LogP contribution in [0.3, 0.4) is 0 Å². The van der Waals surface area contributed by atoms with E-state index in [4.69, 9.17) is 0 Å². The maximum atomic E-state index is 10.3. The minimum atomic E-state index is -0.468. The Bertz CT molecular complexity index is 134. The van der Waals surface area contributed by atoms with Gasteiger partial charge in [0.2, 0.25) is 0 Å². The van der Waals surface area contributed by atoms with Gasteiger partial charge >= 0.3 is 0 Å². The fraction of sp³-hybridized carbons (Fsp3) is 0.857. The van der Waals surface area contributed by atoms with E-state index in [1.807, 2.05) is 0 Å². The highest BCUT2D eigenvalue weighted by molar-refractivity contribution is 8.20. The summed E-state index contributed by atoms with van der Waals surface area (Å²) in [6.07, 6.45) is 0.356. The number of aliphatic hydroxyl groups is 1. The third-order valence-electron chi connectivity index (χ3n) is 1.68. The van der Waals surface area contributed by atoms with Gasteiger partial charge in [0.15, 0.2) is 0 Å². The SMILES string of the molecule is CC(C=O)C(O)C1SCCS1. The monoisotopic (exact) mass is 192 g/mol. The average Bonchev–Trinajstić information content (AvgIpc) is 2.53. The summed E-state index contributed by atoms with van der Waals surface area (Å²) < 4.78 is 0.218. The molecule has 0 spiro atoms. The molecule has 1 aliphatic rings. The van der Waals surface area contributed by atoms with Crippen molar-refractivity contribution in [2.45, 2.75) is 17.6 Å². The second-order valence-corrected chi connectivity index (χ2v) is 5.39. The van der Waals surface area contributed by atoms with Crippen LogP contribution in [0.25, 0.3) is 0 Å².